The summed E-state index contributed by atoms with van der Waals surface area (Å²) in [5.41, 5.74) is 0. The zero-order chi connectivity index (χ0) is 8.49. The van der Waals surface area contributed by atoms with Crippen molar-refractivity contribution in [1.29, 1.82) is 0 Å². The number of hydrogen-bond acceptors (Lipinski definition) is 0. The SMILES string of the molecule is C1=CCC[CH-]C1.C1=CCC[CH-]C1.[Y]. The first-order valence-electron chi connectivity index (χ1n) is 4.93. The summed E-state index contributed by atoms with van der Waals surface area (Å²) in [5, 5.41) is 0. The van der Waals surface area contributed by atoms with Gasteiger partial charge in [0.15, 0.2) is 0 Å². The van der Waals surface area contributed by atoms with Crippen LogP contribution in [0.15, 0.2) is 24.3 Å². The molecule has 0 N–H and O–H groups in total. The van der Waals surface area contributed by atoms with E-state index in [1.807, 2.05) is 0 Å². The molecule has 0 saturated carbocycles. The van der Waals surface area contributed by atoms with Gasteiger partial charge in [-0.2, -0.15) is 25.7 Å². The van der Waals surface area contributed by atoms with Crippen molar-refractivity contribution in [3.8, 4) is 0 Å². The van der Waals surface area contributed by atoms with Crippen LogP contribution in [0.1, 0.15) is 38.5 Å². The van der Waals surface area contributed by atoms with E-state index >= 15 is 0 Å². The van der Waals surface area contributed by atoms with E-state index in [0.29, 0.717) is 0 Å². The fourth-order valence-electron chi connectivity index (χ4n) is 1.28. The molecule has 2 aliphatic rings. The number of hydrogen-bond donors (Lipinski definition) is 0. The van der Waals surface area contributed by atoms with Gasteiger partial charge in [-0.1, -0.05) is 25.0 Å². The summed E-state index contributed by atoms with van der Waals surface area (Å²) in [6, 6.07) is 0. The molecule has 71 valence electrons. The summed E-state index contributed by atoms with van der Waals surface area (Å²) >= 11 is 0. The Labute approximate surface area is 108 Å². The molecular formula is C12H18Y-2. The van der Waals surface area contributed by atoms with Gasteiger partial charge in [0.05, 0.1) is 0 Å². The molecular weight excluding hydrogens is 233 g/mol. The van der Waals surface area contributed by atoms with Crippen LogP contribution in [0.3, 0.4) is 0 Å². The van der Waals surface area contributed by atoms with E-state index < -0.39 is 0 Å². The molecule has 0 aliphatic heterocycles. The Kier molecular flexibility index (Phi) is 11.1. The summed E-state index contributed by atoms with van der Waals surface area (Å²) in [5.74, 6) is 0. The Morgan fingerprint density at radius 1 is 0.692 bits per heavy atom. The number of rotatable bonds is 0. The van der Waals surface area contributed by atoms with Gasteiger partial charge in [0, 0.05) is 32.7 Å². The Morgan fingerprint density at radius 2 is 1.15 bits per heavy atom. The van der Waals surface area contributed by atoms with Gasteiger partial charge in [0.1, 0.15) is 0 Å². The van der Waals surface area contributed by atoms with Crippen LogP contribution in [0.2, 0.25) is 0 Å². The van der Waals surface area contributed by atoms with E-state index in [-0.39, 0.29) is 32.7 Å². The second-order valence-electron chi connectivity index (χ2n) is 3.15. The summed E-state index contributed by atoms with van der Waals surface area (Å²) in [6.45, 7) is 0. The average Bonchev–Trinajstić information content (AvgIpc) is 2.24. The maximum atomic E-state index is 2.31. The minimum atomic E-state index is 0. The Hall–Kier alpha value is 0.584. The predicted molar refractivity (Wildman–Crippen MR) is 54.6 cm³/mol. The molecule has 0 aromatic heterocycles. The van der Waals surface area contributed by atoms with Gasteiger partial charge in [-0.05, 0) is 0 Å². The fraction of sp³-hybridized carbons (Fsp3) is 0.500. The quantitative estimate of drug-likeness (QED) is 0.453. The Balaban J connectivity index is 0.000000206. The molecule has 1 heteroatoms. The zero-order valence-corrected chi connectivity index (χ0v) is 11.1. The predicted octanol–water partition coefficient (Wildman–Crippen LogP) is 3.86. The largest absolute Gasteiger partial charge is 0.325 e. The molecule has 0 aromatic rings. The van der Waals surface area contributed by atoms with Crippen LogP contribution in [0.5, 0.6) is 0 Å². The van der Waals surface area contributed by atoms with Crippen LogP contribution in [0.4, 0.5) is 0 Å². The molecule has 0 spiro atoms. The third-order valence-electron chi connectivity index (χ3n) is 2.01. The van der Waals surface area contributed by atoms with Crippen LogP contribution < -0.4 is 0 Å². The van der Waals surface area contributed by atoms with E-state index in [1.54, 1.807) is 0 Å². The van der Waals surface area contributed by atoms with Crippen molar-refractivity contribution >= 4 is 0 Å². The van der Waals surface area contributed by atoms with Gasteiger partial charge >= 0.3 is 0 Å². The third-order valence-corrected chi connectivity index (χ3v) is 2.01. The molecule has 2 rings (SSSR count). The standard InChI is InChI=1S/2C6H9.Y/c2*1-2-4-6-5-3-1;/h2*1-2,5H,3-4,6H2;/q2*-1;. The van der Waals surface area contributed by atoms with Crippen molar-refractivity contribution in [3.63, 3.8) is 0 Å². The van der Waals surface area contributed by atoms with E-state index in [1.165, 1.54) is 38.5 Å². The van der Waals surface area contributed by atoms with Gasteiger partial charge in [0.25, 0.3) is 0 Å². The smallest absolute Gasteiger partial charge is 0 e. The van der Waals surface area contributed by atoms with Crippen LogP contribution in [-0.4, -0.2) is 0 Å². The van der Waals surface area contributed by atoms with Crippen LogP contribution in [-0.2, 0) is 32.7 Å². The molecule has 1 radical (unpaired) electrons. The van der Waals surface area contributed by atoms with E-state index in [9.17, 15) is 0 Å². The maximum Gasteiger partial charge on any atom is 0 e. The van der Waals surface area contributed by atoms with Crippen molar-refractivity contribution in [3.05, 3.63) is 37.1 Å². The minimum Gasteiger partial charge on any atom is -0.325 e. The molecule has 0 nitrogen and oxygen atoms in total. The Morgan fingerprint density at radius 3 is 1.23 bits per heavy atom. The van der Waals surface area contributed by atoms with Crippen molar-refractivity contribution in [2.75, 3.05) is 0 Å². The topological polar surface area (TPSA) is 0 Å². The van der Waals surface area contributed by atoms with Gasteiger partial charge in [-0.15, -0.1) is 12.2 Å². The summed E-state index contributed by atoms with van der Waals surface area (Å²) in [7, 11) is 0. The maximum absolute atomic E-state index is 2.31. The second kappa shape index (κ2) is 10.7. The van der Waals surface area contributed by atoms with Gasteiger partial charge < -0.3 is 12.8 Å². The molecule has 2 aliphatic carbocycles. The van der Waals surface area contributed by atoms with Crippen molar-refractivity contribution < 1.29 is 32.7 Å². The van der Waals surface area contributed by atoms with Crippen LogP contribution >= 0.6 is 0 Å². The monoisotopic (exact) mass is 251 g/mol. The first-order chi connectivity index (χ1) is 6.00. The summed E-state index contributed by atoms with van der Waals surface area (Å²) in [4.78, 5) is 0. The number of allylic oxidation sites excluding steroid dienone is 4. The molecule has 0 fully saturated rings. The zero-order valence-electron chi connectivity index (χ0n) is 8.28. The molecule has 0 heterocycles. The van der Waals surface area contributed by atoms with Gasteiger partial charge in [-0.3, -0.25) is 0 Å². The molecule has 0 bridgehead atoms. The summed E-state index contributed by atoms with van der Waals surface area (Å²) in [6.07, 6.45) is 21.0. The fourth-order valence-corrected chi connectivity index (χ4v) is 1.28. The first kappa shape index (κ1) is 13.6. The van der Waals surface area contributed by atoms with Crippen molar-refractivity contribution in [1.82, 2.24) is 0 Å². The minimum absolute atomic E-state index is 0. The van der Waals surface area contributed by atoms with Crippen LogP contribution in [0.25, 0.3) is 0 Å². The summed E-state index contributed by atoms with van der Waals surface area (Å²) < 4.78 is 0. The Bertz CT molecular complexity index is 113. The molecule has 0 aromatic carbocycles. The van der Waals surface area contributed by atoms with Gasteiger partial charge in [0.2, 0.25) is 0 Å². The van der Waals surface area contributed by atoms with E-state index in [2.05, 4.69) is 37.1 Å². The van der Waals surface area contributed by atoms with E-state index in [4.69, 9.17) is 0 Å². The molecule has 0 atom stereocenters. The first-order valence-corrected chi connectivity index (χ1v) is 4.93. The molecule has 0 unspecified atom stereocenters. The molecule has 13 heavy (non-hydrogen) atoms. The molecule has 0 amide bonds. The average molecular weight is 251 g/mol. The second-order valence-corrected chi connectivity index (χ2v) is 3.15. The van der Waals surface area contributed by atoms with E-state index in [0.717, 1.165) is 0 Å². The normalized spacial score (nSPS) is 19.7. The van der Waals surface area contributed by atoms with Crippen molar-refractivity contribution in [2.45, 2.75) is 38.5 Å². The van der Waals surface area contributed by atoms with Crippen LogP contribution in [0, 0.1) is 12.8 Å². The third kappa shape index (κ3) is 8.90. The molecule has 0 saturated heterocycles. The van der Waals surface area contributed by atoms with Crippen molar-refractivity contribution in [2.24, 2.45) is 0 Å². The van der Waals surface area contributed by atoms with Gasteiger partial charge in [-0.25, -0.2) is 0 Å².